The smallest absolute Gasteiger partial charge is 0.230 e. The van der Waals surface area contributed by atoms with E-state index >= 15 is 0 Å². The number of rotatable bonds is 5. The zero-order valence-electron chi connectivity index (χ0n) is 16.0. The van der Waals surface area contributed by atoms with E-state index in [9.17, 15) is 4.79 Å². The van der Waals surface area contributed by atoms with Gasteiger partial charge in [-0.25, -0.2) is 0 Å². The SMILES string of the molecule is O=C(NCC1(c2ccccc2)CCOCC1)C1(c2ccccc2)CCCC1. The summed E-state index contributed by atoms with van der Waals surface area (Å²) in [6, 6.07) is 21.0. The molecule has 0 radical (unpaired) electrons. The van der Waals surface area contributed by atoms with Crippen molar-refractivity contribution in [2.24, 2.45) is 0 Å². The standard InChI is InChI=1S/C24H29NO2/c26-22(24(13-7-8-14-24)21-11-5-2-6-12-21)25-19-23(15-17-27-18-16-23)20-9-3-1-4-10-20/h1-6,9-12H,7-8,13-19H2,(H,25,26). The van der Waals surface area contributed by atoms with Crippen LogP contribution >= 0.6 is 0 Å². The van der Waals surface area contributed by atoms with E-state index in [0.29, 0.717) is 6.54 Å². The Balaban J connectivity index is 1.56. The molecule has 142 valence electrons. The average Bonchev–Trinajstić information content (AvgIpc) is 3.25. The van der Waals surface area contributed by atoms with E-state index in [-0.39, 0.29) is 16.7 Å². The summed E-state index contributed by atoms with van der Waals surface area (Å²) in [5.41, 5.74) is 2.10. The molecule has 3 nitrogen and oxygen atoms in total. The lowest BCUT2D eigenvalue weighted by Gasteiger charge is -2.39. The van der Waals surface area contributed by atoms with Crippen LogP contribution in [0.2, 0.25) is 0 Å². The molecule has 0 atom stereocenters. The first-order chi connectivity index (χ1) is 13.3. The Bertz CT molecular complexity index is 744. The summed E-state index contributed by atoms with van der Waals surface area (Å²) >= 11 is 0. The normalized spacial score (nSPS) is 20.9. The highest BCUT2D eigenvalue weighted by atomic mass is 16.5. The summed E-state index contributed by atoms with van der Waals surface area (Å²) in [6.07, 6.45) is 6.06. The van der Waals surface area contributed by atoms with Crippen LogP contribution in [0.5, 0.6) is 0 Å². The summed E-state index contributed by atoms with van der Waals surface area (Å²) in [7, 11) is 0. The Morgan fingerprint density at radius 3 is 1.96 bits per heavy atom. The first kappa shape index (κ1) is 18.2. The minimum atomic E-state index is -0.357. The van der Waals surface area contributed by atoms with Gasteiger partial charge in [0.2, 0.25) is 5.91 Å². The lowest BCUT2D eigenvalue weighted by molar-refractivity contribution is -0.127. The topological polar surface area (TPSA) is 38.3 Å². The molecule has 27 heavy (non-hydrogen) atoms. The van der Waals surface area contributed by atoms with Gasteiger partial charge in [0.25, 0.3) is 0 Å². The number of nitrogens with one attached hydrogen (secondary N) is 1. The third kappa shape index (κ3) is 3.53. The fourth-order valence-electron chi connectivity index (χ4n) is 4.92. The van der Waals surface area contributed by atoms with Crippen molar-refractivity contribution >= 4 is 5.91 Å². The zero-order chi connectivity index (χ0) is 18.6. The number of carbonyl (C=O) groups is 1. The first-order valence-electron chi connectivity index (χ1n) is 10.2. The lowest BCUT2D eigenvalue weighted by Crippen LogP contribution is -2.49. The molecular weight excluding hydrogens is 334 g/mol. The van der Waals surface area contributed by atoms with Crippen molar-refractivity contribution in [3.8, 4) is 0 Å². The summed E-state index contributed by atoms with van der Waals surface area (Å²) in [5.74, 6) is 0.202. The number of carbonyl (C=O) groups excluding carboxylic acids is 1. The van der Waals surface area contributed by atoms with Crippen LogP contribution < -0.4 is 5.32 Å². The molecule has 0 unspecified atom stereocenters. The molecule has 1 saturated heterocycles. The molecule has 2 aliphatic rings. The van der Waals surface area contributed by atoms with Crippen molar-refractivity contribution < 1.29 is 9.53 Å². The summed E-state index contributed by atoms with van der Waals surface area (Å²) in [6.45, 7) is 2.21. The Morgan fingerprint density at radius 1 is 0.815 bits per heavy atom. The van der Waals surface area contributed by atoms with E-state index in [1.807, 2.05) is 18.2 Å². The van der Waals surface area contributed by atoms with Gasteiger partial charge in [0.1, 0.15) is 0 Å². The zero-order valence-corrected chi connectivity index (χ0v) is 16.0. The van der Waals surface area contributed by atoms with Crippen LogP contribution in [0.3, 0.4) is 0 Å². The molecule has 0 bridgehead atoms. The molecule has 0 aromatic heterocycles. The van der Waals surface area contributed by atoms with Crippen molar-refractivity contribution in [1.82, 2.24) is 5.32 Å². The summed E-state index contributed by atoms with van der Waals surface area (Å²) in [5, 5.41) is 3.38. The van der Waals surface area contributed by atoms with Crippen LogP contribution in [0.15, 0.2) is 60.7 Å². The molecule has 3 heteroatoms. The molecule has 1 N–H and O–H groups in total. The van der Waals surface area contributed by atoms with Crippen molar-refractivity contribution in [2.45, 2.75) is 49.4 Å². The van der Waals surface area contributed by atoms with Gasteiger partial charge in [0, 0.05) is 25.2 Å². The molecule has 1 saturated carbocycles. The van der Waals surface area contributed by atoms with E-state index in [0.717, 1.165) is 51.7 Å². The van der Waals surface area contributed by atoms with Gasteiger partial charge in [-0.05, 0) is 36.8 Å². The molecule has 2 fully saturated rings. The molecule has 0 spiro atoms. The highest BCUT2D eigenvalue weighted by Gasteiger charge is 2.44. The predicted molar refractivity (Wildman–Crippen MR) is 108 cm³/mol. The number of hydrogen-bond donors (Lipinski definition) is 1. The maximum atomic E-state index is 13.4. The third-order valence-corrected chi connectivity index (χ3v) is 6.64. The van der Waals surface area contributed by atoms with E-state index < -0.39 is 0 Å². The fourth-order valence-corrected chi connectivity index (χ4v) is 4.92. The molecule has 1 aliphatic carbocycles. The van der Waals surface area contributed by atoms with Crippen LogP contribution in [-0.2, 0) is 20.4 Å². The maximum Gasteiger partial charge on any atom is 0.230 e. The number of hydrogen-bond acceptors (Lipinski definition) is 2. The molecular formula is C24H29NO2. The van der Waals surface area contributed by atoms with Crippen LogP contribution in [0.4, 0.5) is 0 Å². The fraction of sp³-hybridized carbons (Fsp3) is 0.458. The van der Waals surface area contributed by atoms with Gasteiger partial charge < -0.3 is 10.1 Å². The lowest BCUT2D eigenvalue weighted by atomic mass is 9.73. The summed E-state index contributed by atoms with van der Waals surface area (Å²) in [4.78, 5) is 13.4. The van der Waals surface area contributed by atoms with Crippen LogP contribution in [0.1, 0.15) is 49.7 Å². The summed E-state index contributed by atoms with van der Waals surface area (Å²) < 4.78 is 5.63. The molecule has 2 aromatic carbocycles. The maximum absolute atomic E-state index is 13.4. The second-order valence-corrected chi connectivity index (χ2v) is 8.10. The average molecular weight is 364 g/mol. The van der Waals surface area contributed by atoms with E-state index in [4.69, 9.17) is 4.74 Å². The van der Waals surface area contributed by atoms with Crippen molar-refractivity contribution in [2.75, 3.05) is 19.8 Å². The van der Waals surface area contributed by atoms with Crippen LogP contribution in [0.25, 0.3) is 0 Å². The minimum Gasteiger partial charge on any atom is -0.381 e. The second-order valence-electron chi connectivity index (χ2n) is 8.10. The minimum absolute atomic E-state index is 0.0222. The quantitative estimate of drug-likeness (QED) is 0.857. The molecule has 2 aromatic rings. The van der Waals surface area contributed by atoms with Crippen molar-refractivity contribution in [1.29, 1.82) is 0 Å². The Labute approximate surface area is 162 Å². The van der Waals surface area contributed by atoms with Crippen LogP contribution in [-0.4, -0.2) is 25.7 Å². The van der Waals surface area contributed by atoms with Gasteiger partial charge in [-0.15, -0.1) is 0 Å². The molecule has 4 rings (SSSR count). The second kappa shape index (κ2) is 7.85. The Hall–Kier alpha value is -2.13. The highest BCUT2D eigenvalue weighted by molar-refractivity contribution is 5.88. The van der Waals surface area contributed by atoms with Gasteiger partial charge >= 0.3 is 0 Å². The monoisotopic (exact) mass is 363 g/mol. The third-order valence-electron chi connectivity index (χ3n) is 6.64. The van der Waals surface area contributed by atoms with Gasteiger partial charge in [0.15, 0.2) is 0 Å². The van der Waals surface area contributed by atoms with Gasteiger partial charge in [-0.1, -0.05) is 73.5 Å². The number of ether oxygens (including phenoxy) is 1. The first-order valence-corrected chi connectivity index (χ1v) is 10.2. The van der Waals surface area contributed by atoms with Gasteiger partial charge in [-0.2, -0.15) is 0 Å². The Morgan fingerprint density at radius 2 is 1.37 bits per heavy atom. The molecule has 1 aliphatic heterocycles. The van der Waals surface area contributed by atoms with Gasteiger partial charge in [-0.3, -0.25) is 4.79 Å². The highest BCUT2D eigenvalue weighted by Crippen LogP contribution is 2.42. The van der Waals surface area contributed by atoms with E-state index in [2.05, 4.69) is 47.8 Å². The number of benzene rings is 2. The van der Waals surface area contributed by atoms with Crippen LogP contribution in [0, 0.1) is 0 Å². The van der Waals surface area contributed by atoms with Crippen molar-refractivity contribution in [3.05, 3.63) is 71.8 Å². The largest absolute Gasteiger partial charge is 0.381 e. The van der Waals surface area contributed by atoms with Gasteiger partial charge in [0.05, 0.1) is 5.41 Å². The number of amides is 1. The van der Waals surface area contributed by atoms with E-state index in [1.54, 1.807) is 0 Å². The molecule has 1 amide bonds. The predicted octanol–water partition coefficient (Wildman–Crippen LogP) is 4.36. The Kier molecular flexibility index (Phi) is 5.31. The van der Waals surface area contributed by atoms with E-state index in [1.165, 1.54) is 11.1 Å². The van der Waals surface area contributed by atoms with Crippen molar-refractivity contribution in [3.63, 3.8) is 0 Å². The molecule has 1 heterocycles.